The first kappa shape index (κ1) is 19.2. The van der Waals surface area contributed by atoms with Gasteiger partial charge in [-0.25, -0.2) is 0 Å². The molecule has 2 N–H and O–H groups in total. The van der Waals surface area contributed by atoms with E-state index in [9.17, 15) is 9.59 Å². The van der Waals surface area contributed by atoms with E-state index in [-0.39, 0.29) is 17.6 Å². The molecular formula is C20H17ClN2O3S. The molecule has 138 valence electrons. The van der Waals surface area contributed by atoms with Crippen molar-refractivity contribution in [2.75, 3.05) is 6.61 Å². The maximum atomic E-state index is 12.8. The summed E-state index contributed by atoms with van der Waals surface area (Å²) in [7, 11) is 0. The zero-order chi connectivity index (χ0) is 19.4. The van der Waals surface area contributed by atoms with Crippen LogP contribution < -0.4 is 10.7 Å². The van der Waals surface area contributed by atoms with Gasteiger partial charge in [-0.3, -0.25) is 9.59 Å². The monoisotopic (exact) mass is 400 g/mol. The summed E-state index contributed by atoms with van der Waals surface area (Å²) in [5.41, 5.74) is 0.663. The summed E-state index contributed by atoms with van der Waals surface area (Å²) in [5, 5.41) is 12.7. The highest BCUT2D eigenvalue weighted by molar-refractivity contribution is 7.19. The Morgan fingerprint density at radius 3 is 2.74 bits per heavy atom. The van der Waals surface area contributed by atoms with Crippen LogP contribution in [0.15, 0.2) is 41.3 Å². The number of hydrogen-bond acceptors (Lipinski definition) is 4. The Balaban J connectivity index is 1.93. The molecule has 1 aromatic carbocycles. The first-order chi connectivity index (χ1) is 13.0. The Kier molecular flexibility index (Phi) is 5.97. The quantitative estimate of drug-likeness (QED) is 0.661. The summed E-state index contributed by atoms with van der Waals surface area (Å²) in [4.78, 5) is 26.8. The number of aryl methyl sites for hydroxylation is 1. The number of aliphatic hydroxyl groups is 1. The number of nitrogens with zero attached hydrogens (tertiary/aromatic N) is 1. The van der Waals surface area contributed by atoms with Crippen LogP contribution in [0.4, 0.5) is 0 Å². The molecule has 3 aromatic rings. The molecule has 0 saturated heterocycles. The fourth-order valence-corrected chi connectivity index (χ4v) is 3.84. The second-order valence-corrected chi connectivity index (χ2v) is 7.22. The maximum Gasteiger partial charge on any atom is 0.257 e. The highest BCUT2D eigenvalue weighted by Gasteiger charge is 2.17. The number of benzene rings is 1. The molecule has 0 bridgehead atoms. The fourth-order valence-electron chi connectivity index (χ4n) is 2.64. The first-order valence-corrected chi connectivity index (χ1v) is 9.52. The molecule has 7 heteroatoms. The summed E-state index contributed by atoms with van der Waals surface area (Å²) < 4.78 is 1.86. The molecule has 0 radical (unpaired) electrons. The number of hydrogen-bond donors (Lipinski definition) is 2. The summed E-state index contributed by atoms with van der Waals surface area (Å²) in [6, 6.07) is 8.81. The number of aliphatic hydroxyl groups excluding tert-OH is 1. The van der Waals surface area contributed by atoms with E-state index in [1.807, 2.05) is 23.6 Å². The molecule has 0 unspecified atom stereocenters. The van der Waals surface area contributed by atoms with Crippen LogP contribution in [0.25, 0.3) is 10.2 Å². The fraction of sp³-hybridized carbons (Fsp3) is 0.200. The van der Waals surface area contributed by atoms with Crippen LogP contribution in [0.5, 0.6) is 0 Å². The van der Waals surface area contributed by atoms with E-state index >= 15 is 0 Å². The largest absolute Gasteiger partial charge is 0.384 e. The van der Waals surface area contributed by atoms with Gasteiger partial charge in [0.1, 0.15) is 17.0 Å². The zero-order valence-electron chi connectivity index (χ0n) is 14.6. The number of rotatable bonds is 4. The van der Waals surface area contributed by atoms with Crippen molar-refractivity contribution in [2.45, 2.75) is 20.0 Å². The molecule has 0 atom stereocenters. The second-order valence-electron chi connectivity index (χ2n) is 5.76. The summed E-state index contributed by atoms with van der Waals surface area (Å²) >= 11 is 7.23. The van der Waals surface area contributed by atoms with E-state index < -0.39 is 5.91 Å². The number of carbonyl (C=O) groups excluding carboxylic acids is 1. The van der Waals surface area contributed by atoms with Crippen LogP contribution in [0.2, 0.25) is 5.02 Å². The zero-order valence-corrected chi connectivity index (χ0v) is 16.2. The Hall–Kier alpha value is -2.59. The van der Waals surface area contributed by atoms with Gasteiger partial charge in [0.15, 0.2) is 0 Å². The van der Waals surface area contributed by atoms with E-state index in [0.29, 0.717) is 28.4 Å². The number of aromatic nitrogens is 1. The van der Waals surface area contributed by atoms with E-state index in [0.717, 1.165) is 10.4 Å². The van der Waals surface area contributed by atoms with Gasteiger partial charge < -0.3 is 15.0 Å². The lowest BCUT2D eigenvalue weighted by atomic mass is 10.2. The van der Waals surface area contributed by atoms with E-state index in [1.165, 1.54) is 11.3 Å². The minimum atomic E-state index is -0.423. The second kappa shape index (κ2) is 8.40. The lowest BCUT2D eigenvalue weighted by Crippen LogP contribution is -2.29. The highest BCUT2D eigenvalue weighted by Crippen LogP contribution is 2.23. The van der Waals surface area contributed by atoms with Crippen LogP contribution in [0.1, 0.15) is 27.7 Å². The van der Waals surface area contributed by atoms with Gasteiger partial charge in [0, 0.05) is 24.3 Å². The summed E-state index contributed by atoms with van der Waals surface area (Å²) in [5.74, 6) is 4.97. The Bertz CT molecular complexity index is 1100. The Labute approximate surface area is 165 Å². The minimum absolute atomic E-state index is 0.0952. The van der Waals surface area contributed by atoms with E-state index in [4.69, 9.17) is 16.7 Å². The van der Waals surface area contributed by atoms with Crippen LogP contribution in [-0.2, 0) is 13.1 Å². The number of nitrogens with one attached hydrogen (secondary N) is 1. The van der Waals surface area contributed by atoms with Crippen LogP contribution >= 0.6 is 22.9 Å². The normalized spacial score (nSPS) is 10.5. The van der Waals surface area contributed by atoms with Gasteiger partial charge in [0.2, 0.25) is 5.43 Å². The molecule has 1 amide bonds. The van der Waals surface area contributed by atoms with Gasteiger partial charge in [-0.05, 0) is 30.7 Å². The predicted octanol–water partition coefficient (Wildman–Crippen LogP) is 3.01. The smallest absolute Gasteiger partial charge is 0.257 e. The molecule has 3 rings (SSSR count). The van der Waals surface area contributed by atoms with Gasteiger partial charge in [-0.2, -0.15) is 0 Å². The SMILES string of the molecule is CCn1cc(C(=O)NCc2ccc(Cl)cc2)c(=O)c2cc(C#CCO)sc21. The topological polar surface area (TPSA) is 71.3 Å². The van der Waals surface area contributed by atoms with Crippen molar-refractivity contribution < 1.29 is 9.90 Å². The van der Waals surface area contributed by atoms with Gasteiger partial charge >= 0.3 is 0 Å². The third-order valence-electron chi connectivity index (χ3n) is 3.99. The Morgan fingerprint density at radius 1 is 1.33 bits per heavy atom. The molecule has 2 heterocycles. The third-order valence-corrected chi connectivity index (χ3v) is 5.33. The van der Waals surface area contributed by atoms with Crippen molar-refractivity contribution in [1.82, 2.24) is 9.88 Å². The third kappa shape index (κ3) is 4.22. The van der Waals surface area contributed by atoms with Crippen molar-refractivity contribution in [3.05, 3.63) is 67.8 Å². The van der Waals surface area contributed by atoms with Crippen LogP contribution in [0, 0.1) is 11.8 Å². The Morgan fingerprint density at radius 2 is 2.07 bits per heavy atom. The van der Waals surface area contributed by atoms with Crippen molar-refractivity contribution >= 4 is 39.1 Å². The first-order valence-electron chi connectivity index (χ1n) is 8.32. The van der Waals surface area contributed by atoms with Crippen LogP contribution in [-0.4, -0.2) is 22.2 Å². The predicted molar refractivity (Wildman–Crippen MR) is 108 cm³/mol. The number of amides is 1. The molecule has 27 heavy (non-hydrogen) atoms. The number of fused-ring (bicyclic) bond motifs is 1. The lowest BCUT2D eigenvalue weighted by molar-refractivity contribution is 0.0949. The average Bonchev–Trinajstić information content (AvgIpc) is 3.11. The van der Waals surface area contributed by atoms with Crippen molar-refractivity contribution in [3.8, 4) is 11.8 Å². The maximum absolute atomic E-state index is 12.8. The summed E-state index contributed by atoms with van der Waals surface area (Å²) in [6.45, 7) is 2.61. The minimum Gasteiger partial charge on any atom is -0.384 e. The molecule has 0 aliphatic rings. The average molecular weight is 401 g/mol. The molecule has 0 aliphatic heterocycles. The van der Waals surface area contributed by atoms with Crippen molar-refractivity contribution in [1.29, 1.82) is 0 Å². The van der Waals surface area contributed by atoms with Gasteiger partial charge in [0.05, 0.1) is 10.3 Å². The number of halogens is 1. The number of thiophene rings is 1. The molecule has 5 nitrogen and oxygen atoms in total. The van der Waals surface area contributed by atoms with Crippen molar-refractivity contribution in [3.63, 3.8) is 0 Å². The molecule has 0 aliphatic carbocycles. The van der Waals surface area contributed by atoms with Crippen LogP contribution in [0.3, 0.4) is 0 Å². The van der Waals surface area contributed by atoms with Crippen molar-refractivity contribution in [2.24, 2.45) is 0 Å². The molecule has 0 saturated carbocycles. The standard InChI is InChI=1S/C20H17ClN2O3S/c1-2-23-12-17(19(26)22-11-13-5-7-14(21)8-6-13)18(25)16-10-15(4-3-9-24)27-20(16)23/h5-8,10,12,24H,2,9,11H2,1H3,(H,22,26). The number of pyridine rings is 1. The molecular weight excluding hydrogens is 384 g/mol. The van der Waals surface area contributed by atoms with E-state index in [2.05, 4.69) is 17.2 Å². The highest BCUT2D eigenvalue weighted by atomic mass is 35.5. The molecule has 0 spiro atoms. The van der Waals surface area contributed by atoms with Gasteiger partial charge in [0.25, 0.3) is 5.91 Å². The molecule has 2 aromatic heterocycles. The van der Waals surface area contributed by atoms with E-state index in [1.54, 1.807) is 24.4 Å². The summed E-state index contributed by atoms with van der Waals surface area (Å²) in [6.07, 6.45) is 1.58. The number of carbonyl (C=O) groups is 1. The van der Waals surface area contributed by atoms with Gasteiger partial charge in [-0.15, -0.1) is 11.3 Å². The van der Waals surface area contributed by atoms with Gasteiger partial charge in [-0.1, -0.05) is 35.6 Å². The lowest BCUT2D eigenvalue weighted by Gasteiger charge is -2.09. The molecule has 0 fully saturated rings.